The smallest absolute Gasteiger partial charge is 0.255 e. The van der Waals surface area contributed by atoms with E-state index in [4.69, 9.17) is 0 Å². The molecule has 1 aromatic carbocycles. The average molecular weight is 333 g/mol. The van der Waals surface area contributed by atoms with E-state index < -0.39 is 0 Å². The van der Waals surface area contributed by atoms with Gasteiger partial charge in [-0.05, 0) is 44.0 Å². The predicted octanol–water partition coefficient (Wildman–Crippen LogP) is 2.20. The first-order valence-electron chi connectivity index (χ1n) is 8.51. The fraction of sp³-hybridized carbons (Fsp3) is 0.556. The molecule has 0 spiro atoms. The second-order valence-electron chi connectivity index (χ2n) is 6.68. The number of phenols is 1. The molecule has 0 unspecified atom stereocenters. The molecule has 24 heavy (non-hydrogen) atoms. The van der Waals surface area contributed by atoms with Crippen LogP contribution in [0.1, 0.15) is 44.0 Å². The lowest BCUT2D eigenvalue weighted by atomic mass is 10.0. The minimum atomic E-state index is -0.299. The van der Waals surface area contributed by atoms with E-state index in [0.717, 1.165) is 13.1 Å². The lowest BCUT2D eigenvalue weighted by molar-refractivity contribution is -0.114. The number of likely N-dealkylation sites (tertiary alicyclic amines) is 1. The maximum atomic E-state index is 12.4. The normalized spacial score (nSPS) is 16.2. The third-order valence-electron chi connectivity index (χ3n) is 4.41. The minimum absolute atomic E-state index is 0.138. The molecule has 2 amide bonds. The highest BCUT2D eigenvalue weighted by Gasteiger charge is 2.25. The molecule has 0 aromatic heterocycles. The topological polar surface area (TPSA) is 81.7 Å². The summed E-state index contributed by atoms with van der Waals surface area (Å²) < 4.78 is 0. The van der Waals surface area contributed by atoms with Crippen molar-refractivity contribution in [1.82, 2.24) is 10.2 Å². The van der Waals surface area contributed by atoms with Gasteiger partial charge in [-0.15, -0.1) is 0 Å². The molecular formula is C18H27N3O3. The van der Waals surface area contributed by atoms with Gasteiger partial charge in [0.2, 0.25) is 5.91 Å². The first-order chi connectivity index (χ1) is 11.4. The van der Waals surface area contributed by atoms with Gasteiger partial charge in [-0.1, -0.05) is 13.8 Å². The van der Waals surface area contributed by atoms with Crippen molar-refractivity contribution in [3.63, 3.8) is 0 Å². The van der Waals surface area contributed by atoms with Gasteiger partial charge in [0, 0.05) is 31.3 Å². The largest absolute Gasteiger partial charge is 0.507 e. The fourth-order valence-corrected chi connectivity index (χ4v) is 3.16. The third-order valence-corrected chi connectivity index (χ3v) is 4.41. The van der Waals surface area contributed by atoms with Gasteiger partial charge < -0.3 is 15.7 Å². The molecule has 1 heterocycles. The number of aromatic hydroxyl groups is 1. The summed E-state index contributed by atoms with van der Waals surface area (Å²) in [5.74, 6) is -0.219. The van der Waals surface area contributed by atoms with Gasteiger partial charge in [-0.3, -0.25) is 14.5 Å². The SMILES string of the molecule is CC(=O)Nc1ccc(C(=O)NC[C@H](C(C)C)N2CCCC2)c(O)c1. The van der Waals surface area contributed by atoms with E-state index in [-0.39, 0.29) is 23.1 Å². The van der Waals surface area contributed by atoms with Crippen molar-refractivity contribution in [2.45, 2.75) is 39.7 Å². The molecule has 2 rings (SSSR count). The van der Waals surface area contributed by atoms with Crippen LogP contribution in [0.3, 0.4) is 0 Å². The van der Waals surface area contributed by atoms with Gasteiger partial charge in [0.1, 0.15) is 5.75 Å². The number of carbonyl (C=O) groups is 2. The summed E-state index contributed by atoms with van der Waals surface area (Å²) in [6.45, 7) is 8.43. The van der Waals surface area contributed by atoms with E-state index in [2.05, 4.69) is 29.4 Å². The molecule has 0 aliphatic carbocycles. The molecule has 1 aromatic rings. The van der Waals surface area contributed by atoms with Gasteiger partial charge in [0.15, 0.2) is 0 Å². The minimum Gasteiger partial charge on any atom is -0.507 e. The van der Waals surface area contributed by atoms with Crippen LogP contribution >= 0.6 is 0 Å². The molecule has 1 saturated heterocycles. The summed E-state index contributed by atoms with van der Waals surface area (Å²) >= 11 is 0. The summed E-state index contributed by atoms with van der Waals surface area (Å²) in [5.41, 5.74) is 0.682. The van der Waals surface area contributed by atoms with E-state index in [0.29, 0.717) is 24.2 Å². The second-order valence-corrected chi connectivity index (χ2v) is 6.68. The molecule has 1 atom stereocenters. The van der Waals surface area contributed by atoms with E-state index in [9.17, 15) is 14.7 Å². The fourth-order valence-electron chi connectivity index (χ4n) is 3.16. The number of amides is 2. The van der Waals surface area contributed by atoms with Crippen LogP contribution in [0, 0.1) is 5.92 Å². The number of hydrogen-bond acceptors (Lipinski definition) is 4. The molecule has 0 radical (unpaired) electrons. The van der Waals surface area contributed by atoms with E-state index >= 15 is 0 Å². The lowest BCUT2D eigenvalue weighted by Gasteiger charge is -2.31. The van der Waals surface area contributed by atoms with Crippen LogP contribution in [-0.4, -0.2) is 47.5 Å². The Hall–Kier alpha value is -2.08. The first kappa shape index (κ1) is 18.3. The molecular weight excluding hydrogens is 306 g/mol. The van der Waals surface area contributed by atoms with Gasteiger partial charge in [0.25, 0.3) is 5.91 Å². The summed E-state index contributed by atoms with van der Waals surface area (Å²) in [4.78, 5) is 25.8. The van der Waals surface area contributed by atoms with Gasteiger partial charge in [-0.2, -0.15) is 0 Å². The maximum absolute atomic E-state index is 12.4. The van der Waals surface area contributed by atoms with Crippen molar-refractivity contribution in [3.8, 4) is 5.75 Å². The van der Waals surface area contributed by atoms with Crippen LogP contribution in [0.15, 0.2) is 18.2 Å². The van der Waals surface area contributed by atoms with Crippen LogP contribution in [0.4, 0.5) is 5.69 Å². The number of rotatable bonds is 6. The molecule has 1 fully saturated rings. The molecule has 6 heteroatoms. The first-order valence-corrected chi connectivity index (χ1v) is 8.51. The number of benzene rings is 1. The monoisotopic (exact) mass is 333 g/mol. The predicted molar refractivity (Wildman–Crippen MR) is 94.2 cm³/mol. The molecule has 0 saturated carbocycles. The van der Waals surface area contributed by atoms with Crippen molar-refractivity contribution in [3.05, 3.63) is 23.8 Å². The zero-order chi connectivity index (χ0) is 17.7. The summed E-state index contributed by atoms with van der Waals surface area (Å²) in [5, 5.41) is 15.5. The third kappa shape index (κ3) is 4.71. The Morgan fingerprint density at radius 2 is 1.92 bits per heavy atom. The van der Waals surface area contributed by atoms with Gasteiger partial charge in [0.05, 0.1) is 5.56 Å². The summed E-state index contributed by atoms with van der Waals surface area (Å²) in [7, 11) is 0. The van der Waals surface area contributed by atoms with Crippen molar-refractivity contribution in [1.29, 1.82) is 0 Å². The molecule has 132 valence electrons. The van der Waals surface area contributed by atoms with Crippen molar-refractivity contribution >= 4 is 17.5 Å². The summed E-state index contributed by atoms with van der Waals surface area (Å²) in [6, 6.07) is 4.82. The zero-order valence-corrected chi connectivity index (χ0v) is 14.6. The lowest BCUT2D eigenvalue weighted by Crippen LogP contribution is -2.45. The maximum Gasteiger partial charge on any atom is 0.255 e. The number of nitrogens with one attached hydrogen (secondary N) is 2. The van der Waals surface area contributed by atoms with Crippen molar-refractivity contribution < 1.29 is 14.7 Å². The highest BCUT2D eigenvalue weighted by atomic mass is 16.3. The van der Waals surface area contributed by atoms with Gasteiger partial charge >= 0.3 is 0 Å². The van der Waals surface area contributed by atoms with Gasteiger partial charge in [-0.25, -0.2) is 0 Å². The Morgan fingerprint density at radius 3 is 2.46 bits per heavy atom. The number of anilines is 1. The van der Waals surface area contributed by atoms with Crippen LogP contribution in [-0.2, 0) is 4.79 Å². The number of phenolic OH excluding ortho intramolecular Hbond substituents is 1. The molecule has 3 N–H and O–H groups in total. The highest BCUT2D eigenvalue weighted by Crippen LogP contribution is 2.22. The van der Waals surface area contributed by atoms with E-state index in [1.807, 2.05) is 0 Å². The summed E-state index contributed by atoms with van der Waals surface area (Å²) in [6.07, 6.45) is 2.42. The Kier molecular flexibility index (Phi) is 6.20. The quantitative estimate of drug-likeness (QED) is 0.745. The van der Waals surface area contributed by atoms with Crippen LogP contribution in [0.5, 0.6) is 5.75 Å². The van der Waals surface area contributed by atoms with E-state index in [1.54, 1.807) is 6.07 Å². The molecule has 1 aliphatic rings. The molecule has 0 bridgehead atoms. The zero-order valence-electron chi connectivity index (χ0n) is 14.6. The number of hydrogen-bond donors (Lipinski definition) is 3. The Morgan fingerprint density at radius 1 is 1.25 bits per heavy atom. The van der Waals surface area contributed by atoms with Crippen LogP contribution < -0.4 is 10.6 Å². The van der Waals surface area contributed by atoms with Crippen LogP contribution in [0.25, 0.3) is 0 Å². The van der Waals surface area contributed by atoms with Crippen LogP contribution in [0.2, 0.25) is 0 Å². The average Bonchev–Trinajstić information content (AvgIpc) is 3.00. The number of carbonyl (C=O) groups excluding carboxylic acids is 2. The Bertz CT molecular complexity index is 595. The highest BCUT2D eigenvalue weighted by molar-refractivity contribution is 5.98. The standard InChI is InChI=1S/C18H27N3O3/c1-12(2)16(21-8-4-5-9-21)11-19-18(24)15-7-6-14(10-17(15)23)20-13(3)22/h6-7,10,12,16,23H,4-5,8-9,11H2,1-3H3,(H,19,24)(H,20,22)/t16-/m1/s1. The Labute approximate surface area is 143 Å². The van der Waals surface area contributed by atoms with Crippen molar-refractivity contribution in [2.24, 2.45) is 5.92 Å². The van der Waals surface area contributed by atoms with E-state index in [1.165, 1.54) is 31.9 Å². The number of nitrogens with zero attached hydrogens (tertiary/aromatic N) is 1. The Balaban J connectivity index is 1.99. The molecule has 6 nitrogen and oxygen atoms in total. The molecule has 1 aliphatic heterocycles. The van der Waals surface area contributed by atoms with Crippen molar-refractivity contribution in [2.75, 3.05) is 25.0 Å². The second kappa shape index (κ2) is 8.15.